The van der Waals surface area contributed by atoms with E-state index >= 15 is 0 Å². The van der Waals surface area contributed by atoms with Crippen molar-refractivity contribution < 1.29 is 25.2 Å². The van der Waals surface area contributed by atoms with Crippen LogP contribution in [0.15, 0.2) is 0 Å². The monoisotopic (exact) mass is 387 g/mol. The molecule has 0 heterocycles. The molecular formula is C18H33N3O4S. The van der Waals surface area contributed by atoms with Crippen LogP contribution in [0.1, 0.15) is 46.0 Å². The minimum absolute atomic E-state index is 0.0227. The third-order valence-electron chi connectivity index (χ3n) is 5.14. The van der Waals surface area contributed by atoms with Gasteiger partial charge in [0.15, 0.2) is 6.04 Å². The maximum absolute atomic E-state index is 12.3. The smallest absolute Gasteiger partial charge is 0.278 e. The number of carbonyl (C=O) groups excluding carboxylic acids is 3. The van der Waals surface area contributed by atoms with Crippen molar-refractivity contribution in [2.45, 2.75) is 58.0 Å². The number of carbonyl (C=O) groups is 3. The summed E-state index contributed by atoms with van der Waals surface area (Å²) in [5.41, 5.74) is 3.88. The van der Waals surface area contributed by atoms with E-state index < -0.39 is 12.0 Å². The van der Waals surface area contributed by atoms with Gasteiger partial charge >= 0.3 is 0 Å². The molecule has 0 aromatic rings. The van der Waals surface area contributed by atoms with E-state index in [1.54, 1.807) is 11.8 Å². The summed E-state index contributed by atoms with van der Waals surface area (Å²) in [6.45, 7) is 4.56. The van der Waals surface area contributed by atoms with Gasteiger partial charge in [-0.1, -0.05) is 13.8 Å². The molecule has 0 saturated heterocycles. The zero-order valence-corrected chi connectivity index (χ0v) is 16.9. The SMILES string of the molecule is CSCC[C@H](NC(=O)C1CCC(CNC(=O)[C@H]([NH3+])C(C)C)CC1)C(=O)[O-]. The average Bonchev–Trinajstić information content (AvgIpc) is 2.62. The first-order valence-corrected chi connectivity index (χ1v) is 10.8. The van der Waals surface area contributed by atoms with Crippen LogP contribution in [0, 0.1) is 17.8 Å². The van der Waals surface area contributed by atoms with Crippen LogP contribution in [-0.4, -0.2) is 48.4 Å². The number of quaternary nitrogens is 1. The van der Waals surface area contributed by atoms with E-state index in [-0.39, 0.29) is 29.7 Å². The second-order valence-corrected chi connectivity index (χ2v) is 8.46. The standard InChI is InChI=1S/C18H33N3O4S/c1-11(2)15(19)17(23)20-10-12-4-6-13(7-5-12)16(22)21-14(18(24)25)8-9-26-3/h11-15H,4-10,19H2,1-3H3,(H,20,23)(H,21,22)(H,24,25)/t12?,13?,14-,15+/m0/s1. The summed E-state index contributed by atoms with van der Waals surface area (Å²) in [4.78, 5) is 35.4. The number of thioether (sulfide) groups is 1. The summed E-state index contributed by atoms with van der Waals surface area (Å²) in [7, 11) is 0. The number of carboxylic acid groups (broad SMARTS) is 1. The number of nitrogens with one attached hydrogen (secondary N) is 2. The lowest BCUT2D eigenvalue weighted by Gasteiger charge is -2.29. The van der Waals surface area contributed by atoms with Gasteiger partial charge in [0, 0.05) is 18.4 Å². The normalized spacial score (nSPS) is 22.5. The van der Waals surface area contributed by atoms with Gasteiger partial charge in [0.1, 0.15) is 0 Å². The Morgan fingerprint density at radius 3 is 2.31 bits per heavy atom. The molecule has 0 radical (unpaired) electrons. The van der Waals surface area contributed by atoms with Crippen LogP contribution in [-0.2, 0) is 14.4 Å². The second-order valence-electron chi connectivity index (χ2n) is 7.47. The van der Waals surface area contributed by atoms with E-state index in [4.69, 9.17) is 0 Å². The van der Waals surface area contributed by atoms with Gasteiger partial charge in [0.05, 0.1) is 12.0 Å². The van der Waals surface area contributed by atoms with Gasteiger partial charge in [-0.2, -0.15) is 11.8 Å². The molecule has 0 aliphatic heterocycles. The molecule has 2 atom stereocenters. The Balaban J connectivity index is 2.37. The van der Waals surface area contributed by atoms with Crippen molar-refractivity contribution >= 4 is 29.5 Å². The molecule has 5 N–H and O–H groups in total. The minimum Gasteiger partial charge on any atom is -0.548 e. The number of amides is 2. The molecule has 8 heteroatoms. The van der Waals surface area contributed by atoms with Gasteiger partial charge < -0.3 is 26.3 Å². The van der Waals surface area contributed by atoms with E-state index in [9.17, 15) is 19.5 Å². The average molecular weight is 388 g/mol. The first kappa shape index (κ1) is 22.8. The molecule has 0 aromatic carbocycles. The van der Waals surface area contributed by atoms with Crippen molar-refractivity contribution in [3.8, 4) is 0 Å². The molecule has 1 saturated carbocycles. The van der Waals surface area contributed by atoms with Gasteiger partial charge in [-0.15, -0.1) is 0 Å². The fourth-order valence-electron chi connectivity index (χ4n) is 3.08. The number of rotatable bonds is 10. The van der Waals surface area contributed by atoms with Crippen LogP contribution >= 0.6 is 11.8 Å². The molecule has 1 fully saturated rings. The van der Waals surface area contributed by atoms with Crippen LogP contribution in [0.5, 0.6) is 0 Å². The lowest BCUT2D eigenvalue weighted by atomic mass is 9.81. The highest BCUT2D eigenvalue weighted by atomic mass is 32.2. The summed E-state index contributed by atoms with van der Waals surface area (Å²) in [5, 5.41) is 16.7. The third kappa shape index (κ3) is 7.53. The Kier molecular flexibility index (Phi) is 10.0. The van der Waals surface area contributed by atoms with E-state index in [0.717, 1.165) is 12.8 Å². The van der Waals surface area contributed by atoms with Crippen LogP contribution in [0.2, 0.25) is 0 Å². The highest BCUT2D eigenvalue weighted by Crippen LogP contribution is 2.28. The Hall–Kier alpha value is -1.28. The summed E-state index contributed by atoms with van der Waals surface area (Å²) >= 11 is 1.54. The Labute approximate surface area is 160 Å². The first-order valence-electron chi connectivity index (χ1n) is 9.37. The van der Waals surface area contributed by atoms with Gasteiger partial charge in [-0.25, -0.2) is 0 Å². The predicted molar refractivity (Wildman–Crippen MR) is 99.9 cm³/mol. The predicted octanol–water partition coefficient (Wildman–Crippen LogP) is -0.837. The van der Waals surface area contributed by atoms with Crippen molar-refractivity contribution in [3.05, 3.63) is 0 Å². The fraction of sp³-hybridized carbons (Fsp3) is 0.833. The molecule has 1 aliphatic carbocycles. The maximum atomic E-state index is 12.3. The van der Waals surface area contributed by atoms with Crippen LogP contribution in [0.25, 0.3) is 0 Å². The number of aliphatic carboxylic acids is 1. The molecule has 150 valence electrons. The van der Waals surface area contributed by atoms with Crippen molar-refractivity contribution in [2.24, 2.45) is 17.8 Å². The first-order chi connectivity index (χ1) is 12.3. The minimum atomic E-state index is -1.23. The molecule has 0 spiro atoms. The lowest BCUT2D eigenvalue weighted by Crippen LogP contribution is -2.70. The Morgan fingerprint density at radius 2 is 1.81 bits per heavy atom. The van der Waals surface area contributed by atoms with Crippen molar-refractivity contribution in [2.75, 3.05) is 18.6 Å². The number of hydrogen-bond acceptors (Lipinski definition) is 5. The molecule has 0 bridgehead atoms. The molecule has 1 aliphatic rings. The summed E-state index contributed by atoms with van der Waals surface area (Å²) in [6, 6.07) is -1.17. The van der Waals surface area contributed by atoms with Crippen molar-refractivity contribution in [1.82, 2.24) is 10.6 Å². The second kappa shape index (κ2) is 11.4. The molecular weight excluding hydrogens is 354 g/mol. The van der Waals surface area contributed by atoms with Crippen LogP contribution < -0.4 is 21.5 Å². The number of hydrogen-bond donors (Lipinski definition) is 3. The highest BCUT2D eigenvalue weighted by molar-refractivity contribution is 7.98. The zero-order chi connectivity index (χ0) is 19.7. The molecule has 1 rings (SSSR count). The van der Waals surface area contributed by atoms with Gasteiger partial charge in [-0.05, 0) is 50.0 Å². The largest absolute Gasteiger partial charge is 0.548 e. The maximum Gasteiger partial charge on any atom is 0.278 e. The summed E-state index contributed by atoms with van der Waals surface area (Å²) in [5.74, 6) is -0.375. The van der Waals surface area contributed by atoms with Gasteiger partial charge in [-0.3, -0.25) is 9.59 Å². The topological polar surface area (TPSA) is 126 Å². The van der Waals surface area contributed by atoms with Crippen LogP contribution in [0.4, 0.5) is 0 Å². The van der Waals surface area contributed by atoms with Crippen molar-refractivity contribution in [1.29, 1.82) is 0 Å². The Bertz CT molecular complexity index is 479. The molecule has 7 nitrogen and oxygen atoms in total. The quantitative estimate of drug-likeness (QED) is 0.451. The van der Waals surface area contributed by atoms with Crippen molar-refractivity contribution in [3.63, 3.8) is 0 Å². The lowest BCUT2D eigenvalue weighted by molar-refractivity contribution is -0.414. The summed E-state index contributed by atoms with van der Waals surface area (Å²) < 4.78 is 0. The van der Waals surface area contributed by atoms with Gasteiger partial charge in [0.25, 0.3) is 5.91 Å². The van der Waals surface area contributed by atoms with E-state index in [1.165, 1.54) is 0 Å². The van der Waals surface area contributed by atoms with E-state index in [2.05, 4.69) is 16.4 Å². The molecule has 2 amide bonds. The fourth-order valence-corrected chi connectivity index (χ4v) is 3.55. The molecule has 0 aromatic heterocycles. The highest BCUT2D eigenvalue weighted by Gasteiger charge is 2.29. The van der Waals surface area contributed by atoms with E-state index in [0.29, 0.717) is 37.5 Å². The Morgan fingerprint density at radius 1 is 1.19 bits per heavy atom. The zero-order valence-electron chi connectivity index (χ0n) is 16.1. The van der Waals surface area contributed by atoms with E-state index in [1.807, 2.05) is 20.1 Å². The molecule has 0 unspecified atom stereocenters. The van der Waals surface area contributed by atoms with Crippen LogP contribution in [0.3, 0.4) is 0 Å². The van der Waals surface area contributed by atoms with Gasteiger partial charge in [0.2, 0.25) is 5.91 Å². The molecule has 26 heavy (non-hydrogen) atoms. The number of carboxylic acids is 1. The third-order valence-corrected chi connectivity index (χ3v) is 5.78. The summed E-state index contributed by atoms with van der Waals surface area (Å²) in [6.07, 6.45) is 5.40.